The molecule has 0 saturated carbocycles. The molecule has 0 aliphatic rings. The Hall–Kier alpha value is -4.01. The number of nitrogens with one attached hydrogen (secondary N) is 1. The standard InChI is InChI=1S/C17H12N4O5/c18-15(22)13-9-10-4-1-2-7-14(10)26-17(13)20-19-16(23)11-5-3-6-12(8-11)21(24)25/h1-9H,(H2,18,22)(H,19,23)/b20-17-. The van der Waals surface area contributed by atoms with Crippen molar-refractivity contribution in [2.45, 2.75) is 0 Å². The van der Waals surface area contributed by atoms with Crippen molar-refractivity contribution in [2.24, 2.45) is 10.8 Å². The number of nitrogens with two attached hydrogens (primary N) is 1. The van der Waals surface area contributed by atoms with Gasteiger partial charge in [-0.2, -0.15) is 0 Å². The van der Waals surface area contributed by atoms with E-state index in [4.69, 9.17) is 10.2 Å². The van der Waals surface area contributed by atoms with E-state index in [9.17, 15) is 19.7 Å². The summed E-state index contributed by atoms with van der Waals surface area (Å²) in [5, 5.41) is 15.2. The van der Waals surface area contributed by atoms with E-state index in [0.29, 0.717) is 11.0 Å². The lowest BCUT2D eigenvalue weighted by molar-refractivity contribution is -0.384. The Morgan fingerprint density at radius 2 is 1.88 bits per heavy atom. The van der Waals surface area contributed by atoms with Crippen LogP contribution < -0.4 is 16.7 Å². The molecule has 26 heavy (non-hydrogen) atoms. The first kappa shape index (κ1) is 16.8. The molecule has 0 saturated heterocycles. The molecule has 2 amide bonds. The number of non-ortho nitro benzene ring substituents is 1. The van der Waals surface area contributed by atoms with Crippen molar-refractivity contribution in [1.29, 1.82) is 0 Å². The first-order valence-electron chi connectivity index (χ1n) is 7.37. The zero-order valence-corrected chi connectivity index (χ0v) is 13.2. The Balaban J connectivity index is 1.98. The van der Waals surface area contributed by atoms with Crippen LogP contribution in [-0.2, 0) is 0 Å². The maximum Gasteiger partial charge on any atom is 0.271 e. The minimum atomic E-state index is -0.775. The molecule has 0 radical (unpaired) electrons. The molecular formula is C17H12N4O5. The minimum Gasteiger partial charge on any atom is -0.436 e. The molecule has 0 bridgehead atoms. The van der Waals surface area contributed by atoms with Crippen molar-refractivity contribution in [1.82, 2.24) is 5.43 Å². The lowest BCUT2D eigenvalue weighted by Crippen LogP contribution is -2.27. The number of hydrogen-bond acceptors (Lipinski definition) is 6. The van der Waals surface area contributed by atoms with Crippen LogP contribution in [0.1, 0.15) is 20.7 Å². The lowest BCUT2D eigenvalue weighted by atomic mass is 10.2. The van der Waals surface area contributed by atoms with E-state index in [-0.39, 0.29) is 22.4 Å². The van der Waals surface area contributed by atoms with E-state index >= 15 is 0 Å². The summed E-state index contributed by atoms with van der Waals surface area (Å²) in [6.45, 7) is 0. The van der Waals surface area contributed by atoms with Gasteiger partial charge in [0.25, 0.3) is 17.5 Å². The van der Waals surface area contributed by atoms with Crippen molar-refractivity contribution in [3.8, 4) is 0 Å². The van der Waals surface area contributed by atoms with Crippen molar-refractivity contribution in [2.75, 3.05) is 0 Å². The number of hydrogen-bond donors (Lipinski definition) is 2. The molecule has 2 aromatic carbocycles. The van der Waals surface area contributed by atoms with Crippen LogP contribution in [0.5, 0.6) is 0 Å². The fourth-order valence-electron chi connectivity index (χ4n) is 2.26. The van der Waals surface area contributed by atoms with Crippen molar-refractivity contribution < 1.29 is 18.9 Å². The molecule has 0 unspecified atom stereocenters. The minimum absolute atomic E-state index is 0.0111. The summed E-state index contributed by atoms with van der Waals surface area (Å²) in [7, 11) is 0. The maximum atomic E-state index is 12.2. The van der Waals surface area contributed by atoms with Gasteiger partial charge in [0.15, 0.2) is 0 Å². The normalized spacial score (nSPS) is 11.3. The third-order valence-electron chi connectivity index (χ3n) is 3.50. The predicted octanol–water partition coefficient (Wildman–Crippen LogP) is 1.69. The summed E-state index contributed by atoms with van der Waals surface area (Å²) in [6.07, 6.45) is 0. The summed E-state index contributed by atoms with van der Waals surface area (Å²) < 4.78 is 5.51. The monoisotopic (exact) mass is 352 g/mol. The number of fused-ring (bicyclic) bond motifs is 1. The molecule has 0 fully saturated rings. The van der Waals surface area contributed by atoms with Crippen LogP contribution in [0.15, 0.2) is 64.1 Å². The van der Waals surface area contributed by atoms with Gasteiger partial charge in [-0.3, -0.25) is 19.7 Å². The van der Waals surface area contributed by atoms with Gasteiger partial charge in [-0.1, -0.05) is 24.3 Å². The van der Waals surface area contributed by atoms with E-state index in [1.807, 2.05) is 0 Å². The number of nitro benzene ring substituents is 1. The Morgan fingerprint density at radius 1 is 1.12 bits per heavy atom. The average molecular weight is 352 g/mol. The molecule has 0 atom stereocenters. The highest BCUT2D eigenvalue weighted by Crippen LogP contribution is 2.14. The quantitative estimate of drug-likeness (QED) is 0.543. The van der Waals surface area contributed by atoms with Crippen molar-refractivity contribution >= 4 is 28.5 Å². The predicted molar refractivity (Wildman–Crippen MR) is 90.9 cm³/mol. The zero-order chi connectivity index (χ0) is 18.7. The van der Waals surface area contributed by atoms with Gasteiger partial charge in [-0.05, 0) is 18.2 Å². The second-order valence-corrected chi connectivity index (χ2v) is 5.23. The summed E-state index contributed by atoms with van der Waals surface area (Å²) in [5.41, 5.74) is 7.60. The second kappa shape index (κ2) is 6.85. The SMILES string of the molecule is NC(=O)c1cc2ccccc2o/c1=N\NC(=O)c1cccc([N+](=O)[O-])c1. The van der Waals surface area contributed by atoms with Gasteiger partial charge in [-0.15, -0.1) is 5.10 Å². The highest BCUT2D eigenvalue weighted by atomic mass is 16.6. The summed E-state index contributed by atoms with van der Waals surface area (Å²) >= 11 is 0. The Kier molecular flexibility index (Phi) is 4.44. The molecule has 9 nitrogen and oxygen atoms in total. The fourth-order valence-corrected chi connectivity index (χ4v) is 2.26. The number of primary amides is 1. The van der Waals surface area contributed by atoms with Crippen LogP contribution in [0.4, 0.5) is 5.69 Å². The van der Waals surface area contributed by atoms with Crippen LogP contribution >= 0.6 is 0 Å². The number of benzene rings is 2. The first-order chi connectivity index (χ1) is 12.5. The number of nitro groups is 1. The van der Waals surface area contributed by atoms with Gasteiger partial charge in [0.1, 0.15) is 11.1 Å². The van der Waals surface area contributed by atoms with Gasteiger partial charge in [0.2, 0.25) is 5.55 Å². The summed E-state index contributed by atoms with van der Waals surface area (Å²) in [5.74, 6) is -1.48. The molecule has 3 rings (SSSR count). The molecule has 0 aliphatic heterocycles. The maximum absolute atomic E-state index is 12.2. The second-order valence-electron chi connectivity index (χ2n) is 5.23. The van der Waals surface area contributed by atoms with Crippen LogP contribution in [0.3, 0.4) is 0 Å². The van der Waals surface area contributed by atoms with Crippen LogP contribution in [0, 0.1) is 10.1 Å². The number of carbonyl (C=O) groups is 2. The molecular weight excluding hydrogens is 340 g/mol. The van der Waals surface area contributed by atoms with Gasteiger partial charge >= 0.3 is 0 Å². The highest BCUT2D eigenvalue weighted by molar-refractivity contribution is 5.96. The average Bonchev–Trinajstić information content (AvgIpc) is 2.65. The van der Waals surface area contributed by atoms with Gasteiger partial charge in [0, 0.05) is 23.1 Å². The van der Waals surface area contributed by atoms with Crippen molar-refractivity contribution in [3.05, 3.63) is 81.4 Å². The molecule has 3 aromatic rings. The van der Waals surface area contributed by atoms with Crippen LogP contribution in [0.2, 0.25) is 0 Å². The van der Waals surface area contributed by atoms with E-state index < -0.39 is 16.7 Å². The summed E-state index contributed by atoms with van der Waals surface area (Å²) in [4.78, 5) is 33.9. The van der Waals surface area contributed by atoms with Crippen LogP contribution in [-0.4, -0.2) is 16.7 Å². The van der Waals surface area contributed by atoms with E-state index in [1.54, 1.807) is 24.3 Å². The number of para-hydroxylation sites is 1. The third-order valence-corrected chi connectivity index (χ3v) is 3.50. The lowest BCUT2D eigenvalue weighted by Gasteiger charge is -2.03. The number of rotatable bonds is 4. The third kappa shape index (κ3) is 3.41. The fraction of sp³-hybridized carbons (Fsp3) is 0. The number of carbonyl (C=O) groups excluding carboxylic acids is 2. The van der Waals surface area contributed by atoms with E-state index in [1.165, 1.54) is 24.3 Å². The molecule has 0 aliphatic carbocycles. The first-order valence-corrected chi connectivity index (χ1v) is 7.37. The Bertz CT molecular complexity index is 1100. The van der Waals surface area contributed by atoms with Gasteiger partial charge in [-0.25, -0.2) is 5.43 Å². The summed E-state index contributed by atoms with van der Waals surface area (Å²) in [6, 6.07) is 13.5. The van der Waals surface area contributed by atoms with Crippen LogP contribution in [0.25, 0.3) is 11.0 Å². The molecule has 3 N–H and O–H groups in total. The molecule has 1 aromatic heterocycles. The van der Waals surface area contributed by atoms with Gasteiger partial charge in [0.05, 0.1) is 4.92 Å². The Morgan fingerprint density at radius 3 is 2.62 bits per heavy atom. The van der Waals surface area contributed by atoms with E-state index in [0.717, 1.165) is 6.07 Å². The largest absolute Gasteiger partial charge is 0.436 e. The molecule has 0 spiro atoms. The number of nitrogens with zero attached hydrogens (tertiary/aromatic N) is 2. The molecule has 9 heteroatoms. The zero-order valence-electron chi connectivity index (χ0n) is 13.2. The van der Waals surface area contributed by atoms with E-state index in [2.05, 4.69) is 10.5 Å². The smallest absolute Gasteiger partial charge is 0.271 e. The molecule has 1 heterocycles. The highest BCUT2D eigenvalue weighted by Gasteiger charge is 2.12. The number of amides is 2. The Labute approximate surface area is 145 Å². The van der Waals surface area contributed by atoms with Crippen molar-refractivity contribution in [3.63, 3.8) is 0 Å². The van der Waals surface area contributed by atoms with Gasteiger partial charge < -0.3 is 10.2 Å². The topological polar surface area (TPSA) is 141 Å². The molecule has 130 valence electrons.